The third-order valence-corrected chi connectivity index (χ3v) is 7.11. The fourth-order valence-electron chi connectivity index (χ4n) is 5.69. The summed E-state index contributed by atoms with van der Waals surface area (Å²) < 4.78 is 11.6. The highest BCUT2D eigenvalue weighted by Crippen LogP contribution is 2.46. The SMILES string of the molecule is Cc1cc(C)c([C@H]2OCC(C)(C)n3c(-c4ccccc4)c4c(=O)n(C)c(=O)n(C)c4c32)c(C)c1. The largest absolute Gasteiger partial charge is 0.365 e. The van der Waals surface area contributed by atoms with Crippen molar-refractivity contribution in [3.63, 3.8) is 0 Å². The van der Waals surface area contributed by atoms with Crippen LogP contribution < -0.4 is 11.2 Å². The molecule has 0 N–H and O–H groups in total. The van der Waals surface area contributed by atoms with Crippen molar-refractivity contribution < 1.29 is 4.74 Å². The highest BCUT2D eigenvalue weighted by molar-refractivity contribution is 5.96. The summed E-state index contributed by atoms with van der Waals surface area (Å²) in [5.41, 5.74) is 6.79. The fourth-order valence-corrected chi connectivity index (χ4v) is 5.69. The molecule has 0 saturated heterocycles. The van der Waals surface area contributed by atoms with E-state index in [1.54, 1.807) is 18.7 Å². The highest BCUT2D eigenvalue weighted by Gasteiger charge is 2.41. The first-order valence-electron chi connectivity index (χ1n) is 11.6. The molecule has 176 valence electrons. The predicted octanol–water partition coefficient (Wildman–Crippen LogP) is 4.49. The number of fused-ring (bicyclic) bond motifs is 3. The molecule has 0 fully saturated rings. The molecule has 2 aromatic heterocycles. The summed E-state index contributed by atoms with van der Waals surface area (Å²) in [5.74, 6) is 0. The zero-order chi connectivity index (χ0) is 24.5. The highest BCUT2D eigenvalue weighted by atomic mass is 16.5. The van der Waals surface area contributed by atoms with Gasteiger partial charge in [-0.2, -0.15) is 0 Å². The standard InChI is InChI=1S/C28H31N3O3/c1-16-13-17(2)20(18(3)14-16)25-24-23-21(26(32)30(7)27(33)29(23)6)22(19-11-9-8-10-12-19)31(24)28(4,5)15-34-25/h8-14,25H,15H2,1-7H3/t25-/m1/s1. The molecule has 1 aliphatic heterocycles. The lowest BCUT2D eigenvalue weighted by Crippen LogP contribution is -2.40. The quantitative estimate of drug-likeness (QED) is 0.446. The van der Waals surface area contributed by atoms with E-state index in [0.717, 1.165) is 33.6 Å². The summed E-state index contributed by atoms with van der Waals surface area (Å²) in [6, 6.07) is 14.3. The van der Waals surface area contributed by atoms with Crippen molar-refractivity contribution in [2.24, 2.45) is 14.1 Å². The van der Waals surface area contributed by atoms with Crippen LogP contribution in [0.25, 0.3) is 22.2 Å². The van der Waals surface area contributed by atoms with E-state index in [0.29, 0.717) is 17.5 Å². The summed E-state index contributed by atoms with van der Waals surface area (Å²) in [6.45, 7) is 11.0. The lowest BCUT2D eigenvalue weighted by Gasteiger charge is -2.40. The number of ether oxygens (including phenoxy) is 1. The minimum absolute atomic E-state index is 0.286. The third-order valence-electron chi connectivity index (χ3n) is 7.11. The number of hydrogen-bond acceptors (Lipinski definition) is 3. The summed E-state index contributed by atoms with van der Waals surface area (Å²) in [5, 5.41) is 0.553. The average Bonchev–Trinajstić information content (AvgIpc) is 3.15. The molecule has 34 heavy (non-hydrogen) atoms. The molecule has 5 rings (SSSR count). The van der Waals surface area contributed by atoms with Gasteiger partial charge in [0, 0.05) is 14.1 Å². The number of aryl methyl sites for hydroxylation is 4. The number of nitrogens with zero attached hydrogens (tertiary/aromatic N) is 3. The Balaban J connectivity index is 2.03. The van der Waals surface area contributed by atoms with Gasteiger partial charge in [-0.15, -0.1) is 0 Å². The maximum absolute atomic E-state index is 13.6. The number of aromatic nitrogens is 3. The van der Waals surface area contributed by atoms with Crippen LogP contribution in [0.5, 0.6) is 0 Å². The second kappa shape index (κ2) is 7.57. The van der Waals surface area contributed by atoms with Crippen LogP contribution in [0.4, 0.5) is 0 Å². The number of rotatable bonds is 2. The van der Waals surface area contributed by atoms with E-state index in [1.807, 2.05) is 30.3 Å². The van der Waals surface area contributed by atoms with Crippen LogP contribution in [0.2, 0.25) is 0 Å². The second-order valence-corrected chi connectivity index (χ2v) is 10.2. The van der Waals surface area contributed by atoms with Gasteiger partial charge in [-0.05, 0) is 56.9 Å². The topological polar surface area (TPSA) is 58.2 Å². The zero-order valence-corrected chi connectivity index (χ0v) is 20.9. The van der Waals surface area contributed by atoms with Gasteiger partial charge in [-0.1, -0.05) is 48.0 Å². The van der Waals surface area contributed by atoms with E-state index in [2.05, 4.69) is 51.3 Å². The van der Waals surface area contributed by atoms with Crippen molar-refractivity contribution in [2.45, 2.75) is 46.3 Å². The Hall–Kier alpha value is -3.38. The first kappa shape index (κ1) is 22.4. The van der Waals surface area contributed by atoms with Crippen LogP contribution in [-0.2, 0) is 24.4 Å². The van der Waals surface area contributed by atoms with Gasteiger partial charge in [0.1, 0.15) is 6.10 Å². The molecule has 2 aromatic carbocycles. The predicted molar refractivity (Wildman–Crippen MR) is 136 cm³/mol. The Bertz CT molecular complexity index is 1550. The second-order valence-electron chi connectivity index (χ2n) is 10.2. The maximum atomic E-state index is 13.6. The third kappa shape index (κ3) is 3.05. The van der Waals surface area contributed by atoms with E-state index in [4.69, 9.17) is 4.74 Å². The molecule has 0 spiro atoms. The Kier molecular flexibility index (Phi) is 4.99. The average molecular weight is 458 g/mol. The van der Waals surface area contributed by atoms with Crippen LogP contribution in [-0.4, -0.2) is 20.3 Å². The van der Waals surface area contributed by atoms with Crippen LogP contribution in [0.1, 0.15) is 47.9 Å². The van der Waals surface area contributed by atoms with Gasteiger partial charge in [0.25, 0.3) is 5.56 Å². The minimum atomic E-state index is -0.427. The molecule has 0 bridgehead atoms. The Morgan fingerprint density at radius 3 is 2.18 bits per heavy atom. The fraction of sp³-hybridized carbons (Fsp3) is 0.357. The molecule has 6 nitrogen and oxygen atoms in total. The molecule has 4 aromatic rings. The lowest BCUT2D eigenvalue weighted by molar-refractivity contribution is -0.00761. The molecule has 3 heterocycles. The van der Waals surface area contributed by atoms with Crippen molar-refractivity contribution in [1.82, 2.24) is 13.7 Å². The van der Waals surface area contributed by atoms with Crippen molar-refractivity contribution in [1.29, 1.82) is 0 Å². The van der Waals surface area contributed by atoms with Gasteiger partial charge < -0.3 is 9.30 Å². The van der Waals surface area contributed by atoms with E-state index < -0.39 is 11.6 Å². The van der Waals surface area contributed by atoms with Gasteiger partial charge in [0.2, 0.25) is 0 Å². The molecule has 1 aliphatic rings. The zero-order valence-electron chi connectivity index (χ0n) is 20.9. The lowest BCUT2D eigenvalue weighted by atomic mass is 9.91. The van der Waals surface area contributed by atoms with E-state index >= 15 is 0 Å². The van der Waals surface area contributed by atoms with Crippen LogP contribution in [0.15, 0.2) is 52.1 Å². The Morgan fingerprint density at radius 2 is 1.56 bits per heavy atom. The molecule has 0 saturated carbocycles. The van der Waals surface area contributed by atoms with Crippen LogP contribution in [0, 0.1) is 20.8 Å². The van der Waals surface area contributed by atoms with E-state index in [-0.39, 0.29) is 11.2 Å². The van der Waals surface area contributed by atoms with Gasteiger partial charge in [-0.3, -0.25) is 13.9 Å². The monoisotopic (exact) mass is 457 g/mol. The smallest absolute Gasteiger partial charge is 0.331 e. The first-order valence-corrected chi connectivity index (χ1v) is 11.6. The summed E-state index contributed by atoms with van der Waals surface area (Å²) in [4.78, 5) is 26.7. The summed E-state index contributed by atoms with van der Waals surface area (Å²) in [6.07, 6.45) is -0.397. The van der Waals surface area contributed by atoms with Crippen LogP contribution >= 0.6 is 0 Å². The van der Waals surface area contributed by atoms with Gasteiger partial charge >= 0.3 is 5.69 Å². The molecule has 0 unspecified atom stereocenters. The van der Waals surface area contributed by atoms with Crippen molar-refractivity contribution >= 4 is 10.9 Å². The minimum Gasteiger partial charge on any atom is -0.365 e. The van der Waals surface area contributed by atoms with E-state index in [1.165, 1.54) is 10.1 Å². The molecular weight excluding hydrogens is 426 g/mol. The van der Waals surface area contributed by atoms with Crippen molar-refractivity contribution in [3.8, 4) is 11.3 Å². The van der Waals surface area contributed by atoms with Crippen LogP contribution in [0.3, 0.4) is 0 Å². The normalized spacial score (nSPS) is 17.2. The first-order chi connectivity index (χ1) is 16.0. The summed E-state index contributed by atoms with van der Waals surface area (Å²) in [7, 11) is 3.29. The molecule has 0 amide bonds. The number of hydrogen-bond donors (Lipinski definition) is 0. The van der Waals surface area contributed by atoms with Crippen molar-refractivity contribution in [3.05, 3.63) is 91.3 Å². The maximum Gasteiger partial charge on any atom is 0.331 e. The van der Waals surface area contributed by atoms with Crippen molar-refractivity contribution in [2.75, 3.05) is 6.61 Å². The molecule has 0 radical (unpaired) electrons. The Labute approximate surface area is 199 Å². The molecule has 6 heteroatoms. The van der Waals surface area contributed by atoms with Gasteiger partial charge in [0.15, 0.2) is 0 Å². The van der Waals surface area contributed by atoms with Gasteiger partial charge in [0.05, 0.1) is 34.4 Å². The number of benzene rings is 2. The summed E-state index contributed by atoms with van der Waals surface area (Å²) >= 11 is 0. The molecule has 1 atom stereocenters. The van der Waals surface area contributed by atoms with E-state index in [9.17, 15) is 9.59 Å². The molecular formula is C28H31N3O3. The molecule has 0 aliphatic carbocycles. The Morgan fingerprint density at radius 1 is 0.941 bits per heavy atom. The van der Waals surface area contributed by atoms with Gasteiger partial charge in [-0.25, -0.2) is 4.79 Å².